The molecule has 0 bridgehead atoms. The number of ether oxygens (including phenoxy) is 1. The maximum atomic E-state index is 12.6. The van der Waals surface area contributed by atoms with Gasteiger partial charge in [-0.2, -0.15) is 13.2 Å². The number of hydrogen-bond donors (Lipinski definition) is 2. The monoisotopic (exact) mass is 297 g/mol. The molecule has 0 aromatic rings. The Bertz CT molecular complexity index is 394. The van der Waals surface area contributed by atoms with E-state index in [2.05, 4.69) is 23.3 Å². The van der Waals surface area contributed by atoms with Crippen LogP contribution >= 0.6 is 11.8 Å². The van der Waals surface area contributed by atoms with Gasteiger partial charge in [0.05, 0.1) is 24.8 Å². The third-order valence-electron chi connectivity index (χ3n) is 2.62. The molecule has 0 saturated carbocycles. The van der Waals surface area contributed by atoms with Crippen LogP contribution in [0.5, 0.6) is 0 Å². The lowest BCUT2D eigenvalue weighted by Crippen LogP contribution is -2.39. The van der Waals surface area contributed by atoms with Gasteiger partial charge in [-0.05, 0) is 0 Å². The van der Waals surface area contributed by atoms with Gasteiger partial charge in [0.2, 0.25) is 0 Å². The van der Waals surface area contributed by atoms with Crippen molar-refractivity contribution in [2.24, 2.45) is 0 Å². The normalized spacial score (nSPS) is 27.5. The van der Waals surface area contributed by atoms with Gasteiger partial charge in [-0.15, -0.1) is 0 Å². The van der Waals surface area contributed by atoms with Crippen LogP contribution in [0.25, 0.3) is 0 Å². The van der Waals surface area contributed by atoms with Gasteiger partial charge in [-0.1, -0.05) is 6.58 Å². The van der Waals surface area contributed by atoms with Gasteiger partial charge in [0.15, 0.2) is 6.72 Å². The average molecular weight is 297 g/mol. The first-order valence-corrected chi connectivity index (χ1v) is 6.43. The van der Waals surface area contributed by atoms with Gasteiger partial charge in [0, 0.05) is 24.6 Å². The lowest BCUT2D eigenvalue weighted by atomic mass is 10.00. The van der Waals surface area contributed by atoms with E-state index in [1.807, 2.05) is 0 Å². The van der Waals surface area contributed by atoms with Crippen molar-refractivity contribution in [1.29, 1.82) is 0 Å². The van der Waals surface area contributed by atoms with Gasteiger partial charge in [-0.25, -0.2) is 4.67 Å². The summed E-state index contributed by atoms with van der Waals surface area (Å²) in [5.41, 5.74) is -1.60. The lowest BCUT2D eigenvalue weighted by Gasteiger charge is -2.33. The molecule has 0 aliphatic carbocycles. The summed E-state index contributed by atoms with van der Waals surface area (Å²) in [6.45, 7) is 6.33. The van der Waals surface area contributed by atoms with Gasteiger partial charge in [-0.3, -0.25) is 5.32 Å². The first-order chi connectivity index (χ1) is 8.77. The minimum atomic E-state index is -4.52. The second-order valence-corrected chi connectivity index (χ2v) is 5.18. The maximum Gasteiger partial charge on any atom is 0.414 e. The second-order valence-electron chi connectivity index (χ2n) is 4.03. The van der Waals surface area contributed by atoms with E-state index in [0.29, 0.717) is 5.17 Å². The molecule has 19 heavy (non-hydrogen) atoms. The van der Waals surface area contributed by atoms with Crippen LogP contribution in [0.4, 0.5) is 13.2 Å². The number of amidine groups is 1. The van der Waals surface area contributed by atoms with Crippen molar-refractivity contribution < 1.29 is 23.0 Å². The molecular formula is C11H16F3N2O2S+. The molecule has 0 spiro atoms. The van der Waals surface area contributed by atoms with Crippen molar-refractivity contribution in [1.82, 2.24) is 9.98 Å². The first-order valence-electron chi connectivity index (χ1n) is 5.55. The van der Waals surface area contributed by atoms with E-state index in [-0.39, 0.29) is 12.8 Å². The summed E-state index contributed by atoms with van der Waals surface area (Å²) in [5.74, 6) is 0. The number of rotatable bonds is 2. The van der Waals surface area contributed by atoms with Gasteiger partial charge < -0.3 is 9.84 Å². The molecule has 0 aromatic carbocycles. The van der Waals surface area contributed by atoms with E-state index < -0.39 is 29.4 Å². The van der Waals surface area contributed by atoms with Crippen LogP contribution in [-0.4, -0.2) is 47.9 Å². The summed E-state index contributed by atoms with van der Waals surface area (Å²) in [7, 11) is 1.61. The van der Waals surface area contributed by atoms with Gasteiger partial charge >= 0.3 is 11.3 Å². The molecule has 4 nitrogen and oxygen atoms in total. The minimum absolute atomic E-state index is 0.105. The third-order valence-corrected chi connectivity index (χ3v) is 3.74. The standard InChI is InChI=1S/C11H15F3N2O2S/c1-6(11(12,13)14)8-4-7(17)5-9(18-8)19-10(15-2)16-3/h7-9,17H,1-2,4-5H2,3H3/p+1. The summed E-state index contributed by atoms with van der Waals surface area (Å²) in [6, 6.07) is 0. The van der Waals surface area contributed by atoms with Crippen molar-refractivity contribution >= 4 is 23.6 Å². The maximum absolute atomic E-state index is 12.6. The molecule has 1 aliphatic heterocycles. The van der Waals surface area contributed by atoms with Crippen LogP contribution in [0.15, 0.2) is 12.2 Å². The topological polar surface area (TPSA) is 55.6 Å². The van der Waals surface area contributed by atoms with Crippen LogP contribution in [-0.2, 0) is 4.74 Å². The zero-order valence-electron chi connectivity index (χ0n) is 10.4. The second kappa shape index (κ2) is 6.47. The first kappa shape index (κ1) is 16.1. The lowest BCUT2D eigenvalue weighted by molar-refractivity contribution is -0.126. The number of aliphatic hydroxyl groups excluding tert-OH is 1. The summed E-state index contributed by atoms with van der Waals surface area (Å²) < 4.78 is 46.7. The summed E-state index contributed by atoms with van der Waals surface area (Å²) in [5, 5.41) is 12.8. The number of nitrogens with zero attached hydrogens (tertiary/aromatic N) is 1. The Balaban J connectivity index is 2.73. The molecule has 1 saturated heterocycles. The highest BCUT2D eigenvalue weighted by Gasteiger charge is 2.42. The van der Waals surface area contributed by atoms with Crippen LogP contribution in [0.1, 0.15) is 12.8 Å². The van der Waals surface area contributed by atoms with E-state index in [0.717, 1.165) is 11.8 Å². The number of thioether (sulfide) groups is 1. The Hall–Kier alpha value is -0.950. The Morgan fingerprint density at radius 1 is 1.47 bits per heavy atom. The molecule has 2 N–H and O–H groups in total. The van der Waals surface area contributed by atoms with Crippen LogP contribution in [0.2, 0.25) is 0 Å². The highest BCUT2D eigenvalue weighted by Crippen LogP contribution is 2.36. The van der Waals surface area contributed by atoms with Crippen LogP contribution in [0.3, 0.4) is 0 Å². The Labute approximate surface area is 113 Å². The van der Waals surface area contributed by atoms with E-state index in [4.69, 9.17) is 4.74 Å². The van der Waals surface area contributed by atoms with Gasteiger partial charge in [0.1, 0.15) is 5.44 Å². The number of hydrogen-bond acceptors (Lipinski definition) is 3. The molecule has 108 valence electrons. The van der Waals surface area contributed by atoms with E-state index in [1.165, 1.54) is 0 Å². The quantitative estimate of drug-likeness (QED) is 0.346. The summed E-state index contributed by atoms with van der Waals surface area (Å²) in [6.07, 6.45) is -6.50. The number of alkyl halides is 3. The van der Waals surface area contributed by atoms with Crippen LogP contribution < -0.4 is 9.98 Å². The van der Waals surface area contributed by atoms with Crippen molar-refractivity contribution in [2.45, 2.75) is 36.7 Å². The molecular weight excluding hydrogens is 281 g/mol. The fraction of sp³-hybridized carbons (Fsp3) is 0.636. The Morgan fingerprint density at radius 3 is 2.58 bits per heavy atom. The Morgan fingerprint density at radius 2 is 2.11 bits per heavy atom. The van der Waals surface area contributed by atoms with Gasteiger partial charge in [0.25, 0.3) is 0 Å². The number of nitrogens with one attached hydrogen (secondary N) is 1. The highest BCUT2D eigenvalue weighted by atomic mass is 32.2. The molecule has 1 fully saturated rings. The molecule has 1 aliphatic rings. The zero-order valence-corrected chi connectivity index (χ0v) is 11.2. The Kier molecular flexibility index (Phi) is 5.49. The molecule has 1 heterocycles. The zero-order chi connectivity index (χ0) is 14.6. The third kappa shape index (κ3) is 4.58. The molecule has 0 amide bonds. The van der Waals surface area contributed by atoms with E-state index >= 15 is 0 Å². The summed E-state index contributed by atoms with van der Waals surface area (Å²) >= 11 is 1.09. The fourth-order valence-corrected chi connectivity index (χ4v) is 2.59. The predicted molar refractivity (Wildman–Crippen MR) is 70.0 cm³/mol. The van der Waals surface area contributed by atoms with Crippen molar-refractivity contribution in [3.8, 4) is 0 Å². The number of aliphatic hydroxyl groups is 1. The van der Waals surface area contributed by atoms with E-state index in [1.54, 1.807) is 7.05 Å². The predicted octanol–water partition coefficient (Wildman–Crippen LogP) is 1.05. The molecule has 3 atom stereocenters. The highest BCUT2D eigenvalue weighted by molar-refractivity contribution is 8.14. The molecule has 3 unspecified atom stereocenters. The fourth-order valence-electron chi connectivity index (χ4n) is 1.64. The van der Waals surface area contributed by atoms with Crippen molar-refractivity contribution in [2.75, 3.05) is 7.05 Å². The smallest absolute Gasteiger partial charge is 0.393 e. The van der Waals surface area contributed by atoms with Crippen molar-refractivity contribution in [3.63, 3.8) is 0 Å². The van der Waals surface area contributed by atoms with Crippen LogP contribution in [0, 0.1) is 0 Å². The number of halogens is 3. The largest absolute Gasteiger partial charge is 0.414 e. The average Bonchev–Trinajstić information content (AvgIpc) is 2.33. The molecule has 0 aromatic heterocycles. The minimum Gasteiger partial charge on any atom is -0.393 e. The van der Waals surface area contributed by atoms with Crippen molar-refractivity contribution in [3.05, 3.63) is 12.2 Å². The van der Waals surface area contributed by atoms with E-state index in [9.17, 15) is 18.3 Å². The SMILES string of the molecule is C=[N+]=C(NC)SC1CC(O)CC(C(=C)C(F)(F)F)O1. The summed E-state index contributed by atoms with van der Waals surface area (Å²) in [4.78, 5) is 0. The molecule has 0 radical (unpaired) electrons. The molecule has 1 rings (SSSR count). The molecule has 8 heteroatoms.